The number of aliphatic carboxylic acids is 1. The molecule has 3 atom stereocenters. The summed E-state index contributed by atoms with van der Waals surface area (Å²) in [6, 6.07) is 0. The first kappa shape index (κ1) is 13.1. The van der Waals surface area contributed by atoms with E-state index in [1.54, 1.807) is 4.90 Å². The molecule has 0 aromatic rings. The average Bonchev–Trinajstić information content (AvgIpc) is 2.38. The summed E-state index contributed by atoms with van der Waals surface area (Å²) < 4.78 is 0. The summed E-state index contributed by atoms with van der Waals surface area (Å²) in [5.41, 5.74) is 0. The number of carbonyl (C=O) groups is 2. The molecule has 5 nitrogen and oxygen atoms in total. The smallest absolute Gasteiger partial charge is 0.307 e. The van der Waals surface area contributed by atoms with E-state index in [1.807, 2.05) is 12.2 Å². The Morgan fingerprint density at radius 1 is 1.17 bits per heavy atom. The summed E-state index contributed by atoms with van der Waals surface area (Å²) in [6.45, 7) is 0.966. The van der Waals surface area contributed by atoms with E-state index in [2.05, 4.69) is 0 Å². The van der Waals surface area contributed by atoms with Gasteiger partial charge in [-0.25, -0.2) is 0 Å². The van der Waals surface area contributed by atoms with Crippen molar-refractivity contribution >= 4 is 11.9 Å². The molecule has 5 heteroatoms. The summed E-state index contributed by atoms with van der Waals surface area (Å²) in [7, 11) is 0. The molecule has 100 valence electrons. The van der Waals surface area contributed by atoms with Gasteiger partial charge in [0.1, 0.15) is 0 Å². The second-order valence-corrected chi connectivity index (χ2v) is 5.07. The van der Waals surface area contributed by atoms with Crippen LogP contribution >= 0.6 is 0 Å². The molecular weight excluding hydrogens is 234 g/mol. The standard InChI is InChI=1S/C13H19NO4/c15-9-4-3-7-14(8-9)12(16)10-5-1-2-6-11(10)13(17)18/h1-2,9-11,15H,3-8H2,(H,17,18)/t9?,10-,11+/m1/s1. The summed E-state index contributed by atoms with van der Waals surface area (Å²) in [5.74, 6) is -2.12. The second kappa shape index (κ2) is 5.52. The van der Waals surface area contributed by atoms with Crippen LogP contribution in [0.3, 0.4) is 0 Å². The zero-order chi connectivity index (χ0) is 13.1. The van der Waals surface area contributed by atoms with Crippen LogP contribution in [0.4, 0.5) is 0 Å². The molecule has 0 bridgehead atoms. The minimum Gasteiger partial charge on any atom is -0.481 e. The van der Waals surface area contributed by atoms with Crippen LogP contribution in [0, 0.1) is 11.8 Å². The SMILES string of the molecule is O=C(O)[C@H]1CC=CC[C@H]1C(=O)N1CCCC(O)C1. The molecular formula is C13H19NO4. The third-order valence-electron chi connectivity index (χ3n) is 3.77. The lowest BCUT2D eigenvalue weighted by Gasteiger charge is -2.35. The van der Waals surface area contributed by atoms with E-state index in [9.17, 15) is 14.7 Å². The van der Waals surface area contributed by atoms with Crippen molar-refractivity contribution in [3.63, 3.8) is 0 Å². The van der Waals surface area contributed by atoms with Crippen molar-refractivity contribution in [2.75, 3.05) is 13.1 Å². The predicted octanol–water partition coefficient (Wildman–Crippen LogP) is 0.637. The van der Waals surface area contributed by atoms with Gasteiger partial charge in [-0.3, -0.25) is 9.59 Å². The van der Waals surface area contributed by atoms with Crippen LogP contribution in [0.2, 0.25) is 0 Å². The first-order valence-electron chi connectivity index (χ1n) is 6.44. The number of aliphatic hydroxyl groups is 1. The number of piperidine rings is 1. The number of carboxylic acid groups (broad SMARTS) is 1. The van der Waals surface area contributed by atoms with Crippen LogP contribution in [-0.4, -0.2) is 46.2 Å². The lowest BCUT2D eigenvalue weighted by molar-refractivity contribution is -0.151. The maximum absolute atomic E-state index is 12.3. The Balaban J connectivity index is 2.06. The number of carboxylic acids is 1. The molecule has 1 amide bonds. The topological polar surface area (TPSA) is 77.8 Å². The maximum atomic E-state index is 12.3. The Bertz CT molecular complexity index is 366. The maximum Gasteiger partial charge on any atom is 0.307 e. The van der Waals surface area contributed by atoms with Crippen LogP contribution in [0.25, 0.3) is 0 Å². The van der Waals surface area contributed by atoms with Gasteiger partial charge < -0.3 is 15.1 Å². The number of hydrogen-bond donors (Lipinski definition) is 2. The van der Waals surface area contributed by atoms with E-state index in [4.69, 9.17) is 5.11 Å². The number of allylic oxidation sites excluding steroid dienone is 2. The van der Waals surface area contributed by atoms with E-state index in [1.165, 1.54) is 0 Å². The van der Waals surface area contributed by atoms with Gasteiger partial charge in [0.25, 0.3) is 0 Å². The number of β-amino-alcohol motifs (C(OH)–C–C–N with tert-alkyl or cyclic N) is 1. The molecule has 1 fully saturated rings. The van der Waals surface area contributed by atoms with Crippen molar-refractivity contribution in [2.45, 2.75) is 31.8 Å². The zero-order valence-electron chi connectivity index (χ0n) is 10.3. The van der Waals surface area contributed by atoms with E-state index in [-0.39, 0.29) is 5.91 Å². The Hall–Kier alpha value is -1.36. The average molecular weight is 253 g/mol. The van der Waals surface area contributed by atoms with Gasteiger partial charge in [0, 0.05) is 13.1 Å². The number of aliphatic hydroxyl groups excluding tert-OH is 1. The highest BCUT2D eigenvalue weighted by Crippen LogP contribution is 2.28. The zero-order valence-corrected chi connectivity index (χ0v) is 10.3. The fourth-order valence-electron chi connectivity index (χ4n) is 2.75. The van der Waals surface area contributed by atoms with Gasteiger partial charge in [0.05, 0.1) is 17.9 Å². The molecule has 18 heavy (non-hydrogen) atoms. The van der Waals surface area contributed by atoms with E-state index >= 15 is 0 Å². The van der Waals surface area contributed by atoms with E-state index in [0.29, 0.717) is 25.9 Å². The monoisotopic (exact) mass is 253 g/mol. The van der Waals surface area contributed by atoms with Crippen molar-refractivity contribution in [1.82, 2.24) is 4.90 Å². The largest absolute Gasteiger partial charge is 0.481 e. The molecule has 0 saturated carbocycles. The first-order chi connectivity index (χ1) is 8.59. The molecule has 1 unspecified atom stereocenters. The molecule has 2 rings (SSSR count). The minimum atomic E-state index is -0.907. The summed E-state index contributed by atoms with van der Waals surface area (Å²) in [6.07, 6.45) is 5.65. The Morgan fingerprint density at radius 2 is 1.83 bits per heavy atom. The lowest BCUT2D eigenvalue weighted by atomic mass is 9.82. The van der Waals surface area contributed by atoms with Gasteiger partial charge >= 0.3 is 5.97 Å². The van der Waals surface area contributed by atoms with Gasteiger partial charge in [-0.1, -0.05) is 12.2 Å². The van der Waals surface area contributed by atoms with Crippen molar-refractivity contribution in [2.24, 2.45) is 11.8 Å². The van der Waals surface area contributed by atoms with Gasteiger partial charge in [0.2, 0.25) is 5.91 Å². The highest BCUT2D eigenvalue weighted by atomic mass is 16.4. The molecule has 0 spiro atoms. The molecule has 0 radical (unpaired) electrons. The summed E-state index contributed by atoms with van der Waals surface area (Å²) >= 11 is 0. The van der Waals surface area contributed by atoms with E-state index < -0.39 is 23.9 Å². The van der Waals surface area contributed by atoms with Crippen LogP contribution in [0.5, 0.6) is 0 Å². The number of hydrogen-bond acceptors (Lipinski definition) is 3. The molecule has 0 aromatic heterocycles. The quantitative estimate of drug-likeness (QED) is 0.708. The number of amides is 1. The molecule has 1 aliphatic heterocycles. The highest BCUT2D eigenvalue weighted by Gasteiger charge is 2.37. The van der Waals surface area contributed by atoms with E-state index in [0.717, 1.165) is 12.8 Å². The Labute approximate surface area is 106 Å². The minimum absolute atomic E-state index is 0.120. The summed E-state index contributed by atoms with van der Waals surface area (Å²) in [4.78, 5) is 25.1. The first-order valence-corrected chi connectivity index (χ1v) is 6.44. The van der Waals surface area contributed by atoms with Crippen molar-refractivity contribution < 1.29 is 19.8 Å². The fourth-order valence-corrected chi connectivity index (χ4v) is 2.75. The lowest BCUT2D eigenvalue weighted by Crippen LogP contribution is -2.47. The fraction of sp³-hybridized carbons (Fsp3) is 0.692. The van der Waals surface area contributed by atoms with Crippen LogP contribution in [0.1, 0.15) is 25.7 Å². The Morgan fingerprint density at radius 3 is 2.44 bits per heavy atom. The molecule has 0 aromatic carbocycles. The predicted molar refractivity (Wildman–Crippen MR) is 64.8 cm³/mol. The second-order valence-electron chi connectivity index (χ2n) is 5.07. The highest BCUT2D eigenvalue weighted by molar-refractivity contribution is 5.85. The van der Waals surface area contributed by atoms with Crippen LogP contribution < -0.4 is 0 Å². The van der Waals surface area contributed by atoms with Crippen molar-refractivity contribution in [3.05, 3.63) is 12.2 Å². The molecule has 1 aliphatic carbocycles. The third-order valence-corrected chi connectivity index (χ3v) is 3.77. The molecule has 2 N–H and O–H groups in total. The van der Waals surface area contributed by atoms with Crippen LogP contribution in [0.15, 0.2) is 12.2 Å². The number of rotatable bonds is 2. The van der Waals surface area contributed by atoms with Gasteiger partial charge in [0.15, 0.2) is 0 Å². The normalized spacial score (nSPS) is 32.3. The number of likely N-dealkylation sites (tertiary alicyclic amines) is 1. The van der Waals surface area contributed by atoms with Crippen LogP contribution in [-0.2, 0) is 9.59 Å². The number of nitrogens with zero attached hydrogens (tertiary/aromatic N) is 1. The number of carbonyl (C=O) groups excluding carboxylic acids is 1. The molecule has 2 aliphatic rings. The van der Waals surface area contributed by atoms with Gasteiger partial charge in [-0.15, -0.1) is 0 Å². The van der Waals surface area contributed by atoms with Gasteiger partial charge in [-0.2, -0.15) is 0 Å². The Kier molecular flexibility index (Phi) is 4.01. The van der Waals surface area contributed by atoms with Crippen molar-refractivity contribution in [1.29, 1.82) is 0 Å². The van der Waals surface area contributed by atoms with Crippen molar-refractivity contribution in [3.8, 4) is 0 Å². The van der Waals surface area contributed by atoms with Gasteiger partial charge in [-0.05, 0) is 25.7 Å². The molecule has 1 saturated heterocycles. The summed E-state index contributed by atoms with van der Waals surface area (Å²) in [5, 5.41) is 18.7. The third kappa shape index (κ3) is 2.72. The molecule has 1 heterocycles.